The third-order valence-electron chi connectivity index (χ3n) is 3.24. The zero-order chi connectivity index (χ0) is 12.1. The molecule has 1 heterocycles. The van der Waals surface area contributed by atoms with Crippen molar-refractivity contribution in [3.63, 3.8) is 0 Å². The van der Waals surface area contributed by atoms with Gasteiger partial charge in [0.15, 0.2) is 0 Å². The highest BCUT2D eigenvalue weighted by Crippen LogP contribution is 2.26. The molecule has 1 fully saturated rings. The van der Waals surface area contributed by atoms with Gasteiger partial charge in [0.25, 0.3) is 0 Å². The lowest BCUT2D eigenvalue weighted by Gasteiger charge is -2.24. The molecule has 0 saturated carbocycles. The van der Waals surface area contributed by atoms with Crippen LogP contribution in [0.2, 0.25) is 0 Å². The molecule has 1 saturated heterocycles. The first kappa shape index (κ1) is 12.5. The van der Waals surface area contributed by atoms with Crippen LogP contribution in [0, 0.1) is 5.92 Å². The predicted molar refractivity (Wildman–Crippen MR) is 74.5 cm³/mol. The highest BCUT2D eigenvalue weighted by Gasteiger charge is 2.20. The number of carbonyl (C=O) groups is 1. The maximum Gasteiger partial charge on any atom is 0.227 e. The summed E-state index contributed by atoms with van der Waals surface area (Å²) < 4.78 is 0. The summed E-state index contributed by atoms with van der Waals surface area (Å²) in [4.78, 5) is 13.9. The number of carbonyl (C=O) groups excluding carboxylic acids is 1. The molecule has 2 nitrogen and oxygen atoms in total. The van der Waals surface area contributed by atoms with Crippen molar-refractivity contribution in [2.45, 2.75) is 19.3 Å². The molecule has 1 aromatic rings. The predicted octanol–water partition coefficient (Wildman–Crippen LogP) is 3.18. The second-order valence-corrected chi connectivity index (χ2v) is 5.73. The van der Waals surface area contributed by atoms with Crippen molar-refractivity contribution in [1.82, 2.24) is 0 Å². The number of thioether (sulfide) groups is 1. The van der Waals surface area contributed by atoms with Crippen LogP contribution in [0.4, 0.5) is 5.69 Å². The van der Waals surface area contributed by atoms with Crippen LogP contribution < -0.4 is 4.90 Å². The van der Waals surface area contributed by atoms with Gasteiger partial charge in [-0.15, -0.1) is 0 Å². The van der Waals surface area contributed by atoms with Gasteiger partial charge in [-0.2, -0.15) is 11.8 Å². The summed E-state index contributed by atoms with van der Waals surface area (Å²) in [7, 11) is 1.87. The molecule has 1 atom stereocenters. The van der Waals surface area contributed by atoms with E-state index in [4.69, 9.17) is 0 Å². The molecule has 0 aliphatic carbocycles. The summed E-state index contributed by atoms with van der Waals surface area (Å²) in [5.41, 5.74) is 0.987. The molecule has 3 heteroatoms. The minimum absolute atomic E-state index is 0.240. The normalized spacial score (nSPS) is 19.9. The Morgan fingerprint density at radius 1 is 1.41 bits per heavy atom. The molecule has 1 aliphatic rings. The Hall–Kier alpha value is -0.960. The molecule has 0 N–H and O–H groups in total. The fraction of sp³-hybridized carbons (Fsp3) is 0.500. The minimum Gasteiger partial charge on any atom is -0.315 e. The van der Waals surface area contributed by atoms with Gasteiger partial charge in [0.05, 0.1) is 0 Å². The van der Waals surface area contributed by atoms with E-state index in [1.54, 1.807) is 4.90 Å². The largest absolute Gasteiger partial charge is 0.315 e. The number of rotatable bonds is 3. The first-order valence-corrected chi connectivity index (χ1v) is 7.32. The highest BCUT2D eigenvalue weighted by molar-refractivity contribution is 7.99. The van der Waals surface area contributed by atoms with E-state index in [1.807, 2.05) is 49.1 Å². The number of anilines is 1. The van der Waals surface area contributed by atoms with Gasteiger partial charge in [-0.25, -0.2) is 0 Å². The van der Waals surface area contributed by atoms with Crippen molar-refractivity contribution in [3.05, 3.63) is 30.3 Å². The molecule has 1 aromatic carbocycles. The molecular formula is C14H19NOS. The van der Waals surface area contributed by atoms with Crippen LogP contribution in [-0.2, 0) is 4.79 Å². The number of nitrogens with zero attached hydrogens (tertiary/aromatic N) is 1. The Morgan fingerprint density at radius 3 is 2.82 bits per heavy atom. The van der Waals surface area contributed by atoms with Crippen LogP contribution in [0.3, 0.4) is 0 Å². The van der Waals surface area contributed by atoms with Gasteiger partial charge in [0, 0.05) is 19.2 Å². The molecule has 0 spiro atoms. The lowest BCUT2D eigenvalue weighted by Crippen LogP contribution is -2.29. The van der Waals surface area contributed by atoms with E-state index < -0.39 is 0 Å². The van der Waals surface area contributed by atoms with Gasteiger partial charge in [0.1, 0.15) is 0 Å². The van der Waals surface area contributed by atoms with Crippen molar-refractivity contribution in [2.75, 3.05) is 23.5 Å². The second-order valence-electron chi connectivity index (χ2n) is 4.58. The maximum atomic E-state index is 12.1. The average Bonchev–Trinajstić information content (AvgIpc) is 2.40. The first-order valence-electron chi connectivity index (χ1n) is 6.16. The zero-order valence-electron chi connectivity index (χ0n) is 10.3. The Kier molecular flexibility index (Phi) is 4.49. The van der Waals surface area contributed by atoms with E-state index in [2.05, 4.69) is 0 Å². The number of hydrogen-bond donors (Lipinski definition) is 0. The Labute approximate surface area is 107 Å². The van der Waals surface area contributed by atoms with Crippen LogP contribution in [0.1, 0.15) is 19.3 Å². The quantitative estimate of drug-likeness (QED) is 0.820. The molecular weight excluding hydrogens is 230 g/mol. The number of amides is 1. The fourth-order valence-corrected chi connectivity index (χ4v) is 3.30. The lowest BCUT2D eigenvalue weighted by molar-refractivity contribution is -0.119. The average molecular weight is 249 g/mol. The summed E-state index contributed by atoms with van der Waals surface area (Å²) in [6.07, 6.45) is 3.16. The van der Waals surface area contributed by atoms with E-state index in [-0.39, 0.29) is 5.91 Å². The van der Waals surface area contributed by atoms with E-state index >= 15 is 0 Å². The van der Waals surface area contributed by atoms with Crippen molar-refractivity contribution in [2.24, 2.45) is 5.92 Å². The fourth-order valence-electron chi connectivity index (χ4n) is 2.15. The Balaban J connectivity index is 1.91. The SMILES string of the molecule is CN(C(=O)CC1CCCSC1)c1ccccc1. The van der Waals surface area contributed by atoms with Gasteiger partial charge >= 0.3 is 0 Å². The summed E-state index contributed by atoms with van der Waals surface area (Å²) in [5, 5.41) is 0. The molecule has 17 heavy (non-hydrogen) atoms. The Bertz CT molecular complexity index is 360. The minimum atomic E-state index is 0.240. The molecule has 1 amide bonds. The number of para-hydroxylation sites is 1. The topological polar surface area (TPSA) is 20.3 Å². The zero-order valence-corrected chi connectivity index (χ0v) is 11.1. The summed E-state index contributed by atoms with van der Waals surface area (Å²) in [5.74, 6) is 3.23. The third kappa shape index (κ3) is 3.50. The van der Waals surface area contributed by atoms with E-state index in [9.17, 15) is 4.79 Å². The van der Waals surface area contributed by atoms with Crippen LogP contribution in [0.15, 0.2) is 30.3 Å². The van der Waals surface area contributed by atoms with Gasteiger partial charge in [-0.3, -0.25) is 4.79 Å². The first-order chi connectivity index (χ1) is 8.27. The van der Waals surface area contributed by atoms with Crippen LogP contribution in [0.5, 0.6) is 0 Å². The highest BCUT2D eigenvalue weighted by atomic mass is 32.2. The van der Waals surface area contributed by atoms with Crippen molar-refractivity contribution >= 4 is 23.4 Å². The molecule has 0 bridgehead atoms. The van der Waals surface area contributed by atoms with E-state index in [1.165, 1.54) is 18.6 Å². The third-order valence-corrected chi connectivity index (χ3v) is 4.52. The van der Waals surface area contributed by atoms with Crippen LogP contribution in [-0.4, -0.2) is 24.5 Å². The Morgan fingerprint density at radius 2 is 2.18 bits per heavy atom. The molecule has 2 rings (SSSR count). The van der Waals surface area contributed by atoms with E-state index in [0.717, 1.165) is 11.4 Å². The monoisotopic (exact) mass is 249 g/mol. The molecule has 1 aliphatic heterocycles. The molecule has 0 radical (unpaired) electrons. The van der Waals surface area contributed by atoms with Gasteiger partial charge in [-0.05, 0) is 42.4 Å². The van der Waals surface area contributed by atoms with Crippen molar-refractivity contribution < 1.29 is 4.79 Å². The number of benzene rings is 1. The van der Waals surface area contributed by atoms with Crippen molar-refractivity contribution in [3.8, 4) is 0 Å². The van der Waals surface area contributed by atoms with Crippen LogP contribution >= 0.6 is 11.8 Å². The van der Waals surface area contributed by atoms with Gasteiger partial charge < -0.3 is 4.90 Å². The van der Waals surface area contributed by atoms with E-state index in [0.29, 0.717) is 12.3 Å². The molecule has 92 valence electrons. The molecule has 1 unspecified atom stereocenters. The summed E-state index contributed by atoms with van der Waals surface area (Å²) >= 11 is 1.98. The van der Waals surface area contributed by atoms with Crippen LogP contribution in [0.25, 0.3) is 0 Å². The van der Waals surface area contributed by atoms with Gasteiger partial charge in [-0.1, -0.05) is 18.2 Å². The standard InChI is InChI=1S/C14H19NOS/c1-15(13-7-3-2-4-8-13)14(16)10-12-6-5-9-17-11-12/h2-4,7-8,12H,5-6,9-11H2,1H3. The van der Waals surface area contributed by atoms with Gasteiger partial charge in [0.2, 0.25) is 5.91 Å². The van der Waals surface area contributed by atoms with Crippen molar-refractivity contribution in [1.29, 1.82) is 0 Å². The smallest absolute Gasteiger partial charge is 0.227 e. The lowest BCUT2D eigenvalue weighted by atomic mass is 10.0. The summed E-state index contributed by atoms with van der Waals surface area (Å²) in [6, 6.07) is 9.87. The second kappa shape index (κ2) is 6.10. The summed E-state index contributed by atoms with van der Waals surface area (Å²) in [6.45, 7) is 0. The number of hydrogen-bond acceptors (Lipinski definition) is 2. The molecule has 0 aromatic heterocycles. The maximum absolute atomic E-state index is 12.1.